The summed E-state index contributed by atoms with van der Waals surface area (Å²) in [4.78, 5) is 26.4. The summed E-state index contributed by atoms with van der Waals surface area (Å²) in [5.74, 6) is -1.40. The van der Waals surface area contributed by atoms with Gasteiger partial charge in [-0.05, 0) is 44.4 Å². The number of hydrogen-bond acceptors (Lipinski definition) is 5. The molecule has 1 aliphatic heterocycles. The average Bonchev–Trinajstić information content (AvgIpc) is 2.95. The van der Waals surface area contributed by atoms with Crippen molar-refractivity contribution in [2.75, 3.05) is 13.1 Å². The second kappa shape index (κ2) is 7.71. The van der Waals surface area contributed by atoms with Crippen LogP contribution in [0.25, 0.3) is 0 Å². The van der Waals surface area contributed by atoms with Crippen LogP contribution in [0.5, 0.6) is 0 Å². The van der Waals surface area contributed by atoms with Gasteiger partial charge in [0.25, 0.3) is 0 Å². The molecule has 1 fully saturated rings. The Morgan fingerprint density at radius 3 is 2.75 bits per heavy atom. The first-order chi connectivity index (χ1) is 13.2. The third-order valence-corrected chi connectivity index (χ3v) is 5.48. The van der Waals surface area contributed by atoms with E-state index in [1.807, 2.05) is 0 Å². The van der Waals surface area contributed by atoms with Gasteiger partial charge in [0.15, 0.2) is 0 Å². The van der Waals surface area contributed by atoms with Gasteiger partial charge in [0.1, 0.15) is 17.0 Å². The number of halogens is 1. The number of aliphatic hydroxyl groups excluding tert-OH is 1. The molecule has 1 saturated heterocycles. The molecule has 8 heteroatoms. The number of aromatic nitrogens is 1. The fourth-order valence-electron chi connectivity index (χ4n) is 3.78. The number of amides is 1. The number of hydrogen-bond donors (Lipinski definition) is 2. The Bertz CT molecular complexity index is 877. The molecule has 28 heavy (non-hydrogen) atoms. The lowest BCUT2D eigenvalue weighted by Crippen LogP contribution is -2.58. The minimum Gasteiger partial charge on any atom is -0.481 e. The highest BCUT2D eigenvalue weighted by Gasteiger charge is 2.50. The fraction of sp³-hybridized carbons (Fsp3) is 0.450. The van der Waals surface area contributed by atoms with Crippen molar-refractivity contribution < 1.29 is 28.7 Å². The number of benzene rings is 1. The zero-order chi connectivity index (χ0) is 20.5. The Labute approximate surface area is 161 Å². The summed E-state index contributed by atoms with van der Waals surface area (Å²) < 4.78 is 18.6. The third-order valence-electron chi connectivity index (χ3n) is 5.48. The predicted molar refractivity (Wildman–Crippen MR) is 97.1 cm³/mol. The molecule has 1 aliphatic rings. The van der Waals surface area contributed by atoms with Crippen molar-refractivity contribution in [1.29, 1.82) is 0 Å². The summed E-state index contributed by atoms with van der Waals surface area (Å²) in [6.07, 6.45) is -1.03. The number of likely N-dealkylation sites (tertiary alicyclic amines) is 1. The van der Waals surface area contributed by atoms with Crippen LogP contribution in [0, 0.1) is 25.1 Å². The molecule has 0 saturated carbocycles. The van der Waals surface area contributed by atoms with Gasteiger partial charge < -0.3 is 19.6 Å². The lowest BCUT2D eigenvalue weighted by Gasteiger charge is -2.43. The molecule has 1 amide bonds. The number of aliphatic carboxylic acids is 1. The first-order valence-corrected chi connectivity index (χ1v) is 9.08. The van der Waals surface area contributed by atoms with E-state index >= 15 is 0 Å². The molecule has 2 atom stereocenters. The van der Waals surface area contributed by atoms with Gasteiger partial charge in [-0.15, -0.1) is 0 Å². The van der Waals surface area contributed by atoms with E-state index in [9.17, 15) is 24.2 Å². The van der Waals surface area contributed by atoms with E-state index < -0.39 is 23.3 Å². The summed E-state index contributed by atoms with van der Waals surface area (Å²) >= 11 is 0. The minimum absolute atomic E-state index is 0.0485. The summed E-state index contributed by atoms with van der Waals surface area (Å²) in [6, 6.07) is 5.64. The number of nitrogens with zero attached hydrogens (tertiary/aromatic N) is 2. The summed E-state index contributed by atoms with van der Waals surface area (Å²) in [7, 11) is 0. The number of carboxylic acid groups (broad SMARTS) is 1. The van der Waals surface area contributed by atoms with E-state index in [2.05, 4.69) is 5.16 Å². The van der Waals surface area contributed by atoms with Gasteiger partial charge in [-0.2, -0.15) is 0 Å². The Hall–Kier alpha value is -2.74. The Balaban J connectivity index is 1.84. The molecular formula is C20H23FN2O5. The largest absolute Gasteiger partial charge is 0.481 e. The lowest BCUT2D eigenvalue weighted by atomic mass is 9.72. The summed E-state index contributed by atoms with van der Waals surface area (Å²) in [5, 5.41) is 24.3. The molecule has 2 N–H and O–H groups in total. The molecule has 2 aromatic rings. The number of aryl methyl sites for hydroxylation is 2. The highest BCUT2D eigenvalue weighted by Crippen LogP contribution is 2.35. The van der Waals surface area contributed by atoms with Crippen molar-refractivity contribution in [2.45, 2.75) is 39.2 Å². The van der Waals surface area contributed by atoms with Crippen LogP contribution < -0.4 is 0 Å². The number of carbonyl (C=O) groups is 2. The molecule has 7 nitrogen and oxygen atoms in total. The van der Waals surface area contributed by atoms with Crippen LogP contribution in [-0.2, 0) is 22.4 Å². The molecule has 3 rings (SSSR count). The second-order valence-electron chi connectivity index (χ2n) is 7.37. The Morgan fingerprint density at radius 2 is 2.14 bits per heavy atom. The van der Waals surface area contributed by atoms with Crippen molar-refractivity contribution in [3.05, 3.63) is 52.7 Å². The zero-order valence-corrected chi connectivity index (χ0v) is 15.8. The summed E-state index contributed by atoms with van der Waals surface area (Å²) in [5.41, 5.74) is 0.163. The van der Waals surface area contributed by atoms with E-state index in [1.54, 1.807) is 19.9 Å². The Morgan fingerprint density at radius 1 is 1.39 bits per heavy atom. The van der Waals surface area contributed by atoms with Gasteiger partial charge in [-0.25, -0.2) is 4.39 Å². The molecule has 1 aromatic carbocycles. The van der Waals surface area contributed by atoms with Crippen LogP contribution in [0.15, 0.2) is 28.8 Å². The minimum atomic E-state index is -1.60. The smallest absolute Gasteiger partial charge is 0.314 e. The third kappa shape index (κ3) is 3.77. The van der Waals surface area contributed by atoms with Gasteiger partial charge in [0.2, 0.25) is 5.91 Å². The zero-order valence-electron chi connectivity index (χ0n) is 15.8. The van der Waals surface area contributed by atoms with Gasteiger partial charge in [0.05, 0.1) is 18.2 Å². The SMILES string of the molecule is Cc1noc(C)c1CC(=O)N1CC[C@@H](O)[C@](Cc2cccc(F)c2)(C(=O)O)C1. The first kappa shape index (κ1) is 20.0. The molecule has 0 aliphatic carbocycles. The molecule has 1 aromatic heterocycles. The van der Waals surface area contributed by atoms with E-state index in [1.165, 1.54) is 23.1 Å². The predicted octanol–water partition coefficient (Wildman–Crippen LogP) is 1.88. The quantitative estimate of drug-likeness (QED) is 0.808. The molecule has 2 heterocycles. The van der Waals surface area contributed by atoms with E-state index in [4.69, 9.17) is 4.52 Å². The topological polar surface area (TPSA) is 104 Å². The van der Waals surface area contributed by atoms with Crippen molar-refractivity contribution in [3.63, 3.8) is 0 Å². The highest BCUT2D eigenvalue weighted by molar-refractivity contribution is 5.82. The Kier molecular flexibility index (Phi) is 5.51. The average molecular weight is 390 g/mol. The van der Waals surface area contributed by atoms with Crippen LogP contribution in [0.3, 0.4) is 0 Å². The molecule has 0 unspecified atom stereocenters. The maximum Gasteiger partial charge on any atom is 0.314 e. The standard InChI is InChI=1S/C20H23FN2O5/c1-12-16(13(2)28-22-12)9-18(25)23-7-6-17(24)20(11-23,19(26)27)10-14-4-3-5-15(21)8-14/h3-5,8,17,24H,6-7,9-11H2,1-2H3,(H,26,27)/t17-,20-/m1/s1. The molecular weight excluding hydrogens is 367 g/mol. The highest BCUT2D eigenvalue weighted by atomic mass is 19.1. The summed E-state index contributed by atoms with van der Waals surface area (Å²) in [6.45, 7) is 3.56. The van der Waals surface area contributed by atoms with Gasteiger partial charge in [-0.1, -0.05) is 17.3 Å². The van der Waals surface area contributed by atoms with Crippen LogP contribution in [-0.4, -0.2) is 51.3 Å². The molecule has 150 valence electrons. The van der Waals surface area contributed by atoms with Crippen molar-refractivity contribution in [2.24, 2.45) is 5.41 Å². The number of rotatable bonds is 5. The molecule has 0 radical (unpaired) electrons. The van der Waals surface area contributed by atoms with Crippen molar-refractivity contribution in [1.82, 2.24) is 10.1 Å². The van der Waals surface area contributed by atoms with Crippen LogP contribution in [0.4, 0.5) is 4.39 Å². The first-order valence-electron chi connectivity index (χ1n) is 9.08. The van der Waals surface area contributed by atoms with E-state index in [0.29, 0.717) is 22.6 Å². The monoisotopic (exact) mass is 390 g/mol. The van der Waals surface area contributed by atoms with E-state index in [-0.39, 0.29) is 38.3 Å². The number of piperidine rings is 1. The van der Waals surface area contributed by atoms with Crippen LogP contribution in [0.1, 0.15) is 29.0 Å². The maximum absolute atomic E-state index is 13.5. The van der Waals surface area contributed by atoms with Gasteiger partial charge >= 0.3 is 5.97 Å². The van der Waals surface area contributed by atoms with Crippen molar-refractivity contribution >= 4 is 11.9 Å². The number of carboxylic acids is 1. The van der Waals surface area contributed by atoms with Gasteiger partial charge in [0, 0.05) is 18.7 Å². The lowest BCUT2D eigenvalue weighted by molar-refractivity contribution is -0.165. The second-order valence-corrected chi connectivity index (χ2v) is 7.37. The normalized spacial score (nSPS) is 22.3. The van der Waals surface area contributed by atoms with Crippen molar-refractivity contribution in [3.8, 4) is 0 Å². The molecule has 0 bridgehead atoms. The molecule has 0 spiro atoms. The number of carbonyl (C=O) groups excluding carboxylic acids is 1. The van der Waals surface area contributed by atoms with Crippen LogP contribution >= 0.6 is 0 Å². The van der Waals surface area contributed by atoms with Gasteiger partial charge in [-0.3, -0.25) is 9.59 Å². The van der Waals surface area contributed by atoms with E-state index in [0.717, 1.165) is 0 Å². The van der Waals surface area contributed by atoms with Crippen LogP contribution in [0.2, 0.25) is 0 Å². The maximum atomic E-state index is 13.5. The fourth-order valence-corrected chi connectivity index (χ4v) is 3.78. The number of aliphatic hydroxyl groups is 1.